The van der Waals surface area contributed by atoms with Gasteiger partial charge in [-0.1, -0.05) is 0 Å². The van der Waals surface area contributed by atoms with Crippen LogP contribution in [0.5, 0.6) is 0 Å². The molecule has 1 fully saturated rings. The van der Waals surface area contributed by atoms with Crippen LogP contribution in [0.25, 0.3) is 11.5 Å². The zero-order valence-electron chi connectivity index (χ0n) is 10.8. The number of nitrogens with zero attached hydrogens (tertiary/aromatic N) is 3. The second kappa shape index (κ2) is 4.93. The summed E-state index contributed by atoms with van der Waals surface area (Å²) < 4.78 is 27.9. The van der Waals surface area contributed by atoms with Crippen LogP contribution in [-0.2, 0) is 14.8 Å². The number of carbonyl (C=O) groups excluding carboxylic acids is 1. The molecule has 21 heavy (non-hydrogen) atoms. The Morgan fingerprint density at radius 1 is 1.38 bits per heavy atom. The molecule has 2 aromatic heterocycles. The number of carbonyl (C=O) groups is 1. The van der Waals surface area contributed by atoms with Crippen molar-refractivity contribution in [2.24, 2.45) is 5.14 Å². The Hall–Kier alpha value is -2.26. The van der Waals surface area contributed by atoms with Crippen molar-refractivity contribution in [1.29, 1.82) is 0 Å². The number of hydrogen-bond donors (Lipinski definition) is 1. The molecule has 0 bridgehead atoms. The summed E-state index contributed by atoms with van der Waals surface area (Å²) >= 11 is 0. The summed E-state index contributed by atoms with van der Waals surface area (Å²) in [5, 5.41) is 4.16. The van der Waals surface area contributed by atoms with Crippen LogP contribution in [0.15, 0.2) is 35.1 Å². The Balaban J connectivity index is 1.91. The van der Waals surface area contributed by atoms with E-state index in [0.717, 1.165) is 0 Å². The number of anilines is 1. The van der Waals surface area contributed by atoms with Crippen molar-refractivity contribution >= 4 is 21.9 Å². The maximum absolute atomic E-state index is 11.9. The van der Waals surface area contributed by atoms with Crippen LogP contribution < -0.4 is 10.0 Å². The van der Waals surface area contributed by atoms with E-state index in [9.17, 15) is 13.2 Å². The van der Waals surface area contributed by atoms with Crippen molar-refractivity contribution < 1.29 is 17.6 Å². The standard InChI is InChI=1S/C12H12N4O4S/c13-21(18,19)8-6-11(17)16(7-8)12-14-4-3-9(15-12)10-2-1-5-20-10/h1-5,8H,6-7H2,(H2,13,18,19). The third kappa shape index (κ3) is 2.65. The van der Waals surface area contributed by atoms with E-state index in [1.807, 2.05) is 0 Å². The molecule has 1 unspecified atom stereocenters. The summed E-state index contributed by atoms with van der Waals surface area (Å²) in [5.74, 6) is 0.305. The highest BCUT2D eigenvalue weighted by molar-refractivity contribution is 7.89. The minimum Gasteiger partial charge on any atom is -0.463 e. The fourth-order valence-corrected chi connectivity index (χ4v) is 2.86. The highest BCUT2D eigenvalue weighted by atomic mass is 32.2. The van der Waals surface area contributed by atoms with Gasteiger partial charge in [0.15, 0.2) is 5.76 Å². The molecule has 1 amide bonds. The first kappa shape index (κ1) is 13.7. The maximum atomic E-state index is 11.9. The monoisotopic (exact) mass is 308 g/mol. The van der Waals surface area contributed by atoms with E-state index in [1.54, 1.807) is 18.2 Å². The number of rotatable bonds is 3. The number of furan rings is 1. The van der Waals surface area contributed by atoms with Gasteiger partial charge in [-0.05, 0) is 18.2 Å². The van der Waals surface area contributed by atoms with Crippen molar-refractivity contribution in [3.63, 3.8) is 0 Å². The largest absolute Gasteiger partial charge is 0.463 e. The lowest BCUT2D eigenvalue weighted by atomic mass is 10.3. The lowest BCUT2D eigenvalue weighted by Gasteiger charge is -2.14. The van der Waals surface area contributed by atoms with Crippen LogP contribution in [0, 0.1) is 0 Å². The second-order valence-corrected chi connectivity index (χ2v) is 6.48. The highest BCUT2D eigenvalue weighted by Crippen LogP contribution is 2.24. The molecule has 9 heteroatoms. The smallest absolute Gasteiger partial charge is 0.232 e. The van der Waals surface area contributed by atoms with Gasteiger partial charge in [-0.2, -0.15) is 0 Å². The average molecular weight is 308 g/mol. The number of sulfonamides is 1. The van der Waals surface area contributed by atoms with E-state index >= 15 is 0 Å². The minimum absolute atomic E-state index is 0.0424. The Bertz CT molecular complexity index is 772. The normalized spacial score (nSPS) is 19.2. The molecule has 2 aromatic rings. The summed E-state index contributed by atoms with van der Waals surface area (Å²) in [6, 6.07) is 5.08. The van der Waals surface area contributed by atoms with Crippen LogP contribution in [0.1, 0.15) is 6.42 Å². The third-order valence-electron chi connectivity index (χ3n) is 3.21. The summed E-state index contributed by atoms with van der Waals surface area (Å²) in [6.07, 6.45) is 2.83. The molecule has 2 N–H and O–H groups in total. The lowest BCUT2D eigenvalue weighted by Crippen LogP contribution is -2.32. The van der Waals surface area contributed by atoms with Crippen molar-refractivity contribution in [1.82, 2.24) is 9.97 Å². The summed E-state index contributed by atoms with van der Waals surface area (Å²) in [6.45, 7) is -0.0424. The predicted octanol–water partition coefficient (Wildman–Crippen LogP) is 0.130. The fraction of sp³-hybridized carbons (Fsp3) is 0.250. The number of hydrogen-bond acceptors (Lipinski definition) is 6. The number of aromatic nitrogens is 2. The topological polar surface area (TPSA) is 119 Å². The summed E-state index contributed by atoms with van der Waals surface area (Å²) in [7, 11) is -3.77. The number of amides is 1. The molecule has 0 spiro atoms. The van der Waals surface area contributed by atoms with Gasteiger partial charge in [0, 0.05) is 19.2 Å². The van der Waals surface area contributed by atoms with E-state index in [0.29, 0.717) is 11.5 Å². The SMILES string of the molecule is NS(=O)(=O)C1CC(=O)N(c2nccc(-c3ccco3)n2)C1. The first-order valence-electron chi connectivity index (χ1n) is 6.14. The molecule has 1 atom stereocenters. The van der Waals surface area contributed by atoms with Crippen molar-refractivity contribution in [3.8, 4) is 11.5 Å². The van der Waals surface area contributed by atoms with E-state index in [1.165, 1.54) is 17.4 Å². The van der Waals surface area contributed by atoms with Gasteiger partial charge in [0.1, 0.15) is 10.9 Å². The first-order valence-corrected chi connectivity index (χ1v) is 7.75. The Kier molecular flexibility index (Phi) is 3.22. The van der Waals surface area contributed by atoms with Crippen molar-refractivity contribution in [3.05, 3.63) is 30.7 Å². The molecular weight excluding hydrogens is 296 g/mol. The Morgan fingerprint density at radius 2 is 2.19 bits per heavy atom. The minimum atomic E-state index is -3.77. The molecule has 0 saturated carbocycles. The van der Waals surface area contributed by atoms with Gasteiger partial charge in [0.25, 0.3) is 0 Å². The van der Waals surface area contributed by atoms with Gasteiger partial charge in [0.05, 0.1) is 6.26 Å². The van der Waals surface area contributed by atoms with E-state index in [2.05, 4.69) is 9.97 Å². The third-order valence-corrected chi connectivity index (χ3v) is 4.46. The highest BCUT2D eigenvalue weighted by Gasteiger charge is 2.38. The average Bonchev–Trinajstić information content (AvgIpc) is 3.07. The molecule has 110 valence electrons. The van der Waals surface area contributed by atoms with E-state index in [-0.39, 0.29) is 24.8 Å². The van der Waals surface area contributed by atoms with Crippen molar-refractivity contribution in [2.45, 2.75) is 11.7 Å². The molecular formula is C12H12N4O4S. The van der Waals surface area contributed by atoms with Crippen molar-refractivity contribution in [2.75, 3.05) is 11.4 Å². The number of nitrogens with two attached hydrogens (primary N) is 1. The molecule has 3 heterocycles. The second-order valence-electron chi connectivity index (χ2n) is 4.64. The van der Waals surface area contributed by atoms with Gasteiger partial charge in [-0.15, -0.1) is 0 Å². The van der Waals surface area contributed by atoms with Crippen LogP contribution in [0.4, 0.5) is 5.95 Å². The molecule has 1 aliphatic rings. The molecule has 3 rings (SSSR count). The zero-order valence-corrected chi connectivity index (χ0v) is 11.7. The van der Waals surface area contributed by atoms with Gasteiger partial charge in [-0.25, -0.2) is 23.5 Å². The summed E-state index contributed by atoms with van der Waals surface area (Å²) in [4.78, 5) is 21.4. The Labute approximate surface area is 120 Å². The van der Waals surface area contributed by atoms with E-state index in [4.69, 9.17) is 9.56 Å². The lowest BCUT2D eigenvalue weighted by molar-refractivity contribution is -0.117. The molecule has 0 radical (unpaired) electrons. The zero-order chi connectivity index (χ0) is 15.0. The molecule has 1 saturated heterocycles. The van der Waals surface area contributed by atoms with Gasteiger partial charge in [0.2, 0.25) is 21.9 Å². The number of primary sulfonamides is 1. The first-order chi connectivity index (χ1) is 9.95. The molecule has 0 aliphatic carbocycles. The maximum Gasteiger partial charge on any atom is 0.232 e. The van der Waals surface area contributed by atoms with Crippen LogP contribution >= 0.6 is 0 Å². The van der Waals surface area contributed by atoms with Gasteiger partial charge >= 0.3 is 0 Å². The fourth-order valence-electron chi connectivity index (χ4n) is 2.13. The van der Waals surface area contributed by atoms with Crippen LogP contribution in [0.2, 0.25) is 0 Å². The Morgan fingerprint density at radius 3 is 2.81 bits per heavy atom. The van der Waals surface area contributed by atoms with Gasteiger partial charge in [-0.3, -0.25) is 9.69 Å². The molecule has 1 aliphatic heterocycles. The van der Waals surface area contributed by atoms with E-state index < -0.39 is 15.3 Å². The van der Waals surface area contributed by atoms with Gasteiger partial charge < -0.3 is 4.42 Å². The van der Waals surface area contributed by atoms with Crippen LogP contribution in [-0.4, -0.2) is 36.1 Å². The summed E-state index contributed by atoms with van der Waals surface area (Å²) in [5.41, 5.74) is 0.511. The molecule has 0 aromatic carbocycles. The van der Waals surface area contributed by atoms with Crippen LogP contribution in [0.3, 0.4) is 0 Å². The quantitative estimate of drug-likeness (QED) is 0.860. The molecule has 8 nitrogen and oxygen atoms in total. The predicted molar refractivity (Wildman–Crippen MR) is 73.6 cm³/mol.